The Labute approximate surface area is 173 Å². The van der Waals surface area contributed by atoms with Crippen molar-refractivity contribution in [1.82, 2.24) is 9.21 Å². The summed E-state index contributed by atoms with van der Waals surface area (Å²) in [5.41, 5.74) is 6.91. The molecule has 1 aromatic rings. The summed E-state index contributed by atoms with van der Waals surface area (Å²) in [5.74, 6) is 0.176. The molecule has 0 spiro atoms. The minimum atomic E-state index is -3.65. The standard InChI is InChI=1S/C19H29N3O4S.ClH/c1-3-16-4-5-17(19(23)22-13-15(12-20)10-14(22)2)11-18(16)27(24,25)21-6-8-26-9-7-21;/h4-5,11,14-15H,3,6-10,12-13,20H2,1-2H3;1H. The maximum absolute atomic E-state index is 13.2. The van der Waals surface area contributed by atoms with Crippen molar-refractivity contribution in [2.24, 2.45) is 11.7 Å². The number of hydrogen-bond acceptors (Lipinski definition) is 5. The van der Waals surface area contributed by atoms with Crippen LogP contribution in [0.5, 0.6) is 0 Å². The van der Waals surface area contributed by atoms with Crippen molar-refractivity contribution in [3.05, 3.63) is 29.3 Å². The Morgan fingerprint density at radius 1 is 1.29 bits per heavy atom. The van der Waals surface area contributed by atoms with E-state index in [0.29, 0.717) is 57.3 Å². The number of ether oxygens (including phenoxy) is 1. The minimum absolute atomic E-state index is 0. The first-order chi connectivity index (χ1) is 12.9. The van der Waals surface area contributed by atoms with Crippen LogP contribution in [0.4, 0.5) is 0 Å². The first kappa shape index (κ1) is 23.1. The molecule has 0 aliphatic carbocycles. The van der Waals surface area contributed by atoms with Crippen molar-refractivity contribution in [2.45, 2.75) is 37.6 Å². The molecular weight excluding hydrogens is 402 g/mol. The third-order valence-electron chi connectivity index (χ3n) is 5.54. The van der Waals surface area contributed by atoms with E-state index >= 15 is 0 Å². The monoisotopic (exact) mass is 431 g/mol. The third-order valence-corrected chi connectivity index (χ3v) is 7.52. The van der Waals surface area contributed by atoms with Crippen LogP contribution in [-0.4, -0.2) is 69.0 Å². The lowest BCUT2D eigenvalue weighted by Crippen LogP contribution is -2.41. The summed E-state index contributed by atoms with van der Waals surface area (Å²) >= 11 is 0. The molecule has 2 aliphatic rings. The van der Waals surface area contributed by atoms with E-state index in [2.05, 4.69) is 0 Å². The molecule has 1 amide bonds. The van der Waals surface area contributed by atoms with E-state index in [-0.39, 0.29) is 29.3 Å². The quantitative estimate of drug-likeness (QED) is 0.762. The summed E-state index contributed by atoms with van der Waals surface area (Å²) in [6, 6.07) is 5.16. The van der Waals surface area contributed by atoms with E-state index in [0.717, 1.165) is 12.0 Å². The zero-order chi connectivity index (χ0) is 19.6. The van der Waals surface area contributed by atoms with Gasteiger partial charge in [-0.25, -0.2) is 8.42 Å². The Kier molecular flexibility index (Phi) is 7.87. The Hall–Kier alpha value is -1.19. The number of amides is 1. The predicted molar refractivity (Wildman–Crippen MR) is 110 cm³/mol. The van der Waals surface area contributed by atoms with Crippen LogP contribution in [0, 0.1) is 5.92 Å². The number of sulfonamides is 1. The van der Waals surface area contributed by atoms with E-state index < -0.39 is 10.0 Å². The highest BCUT2D eigenvalue weighted by atomic mass is 35.5. The maximum Gasteiger partial charge on any atom is 0.254 e. The fourth-order valence-corrected chi connectivity index (χ4v) is 5.64. The van der Waals surface area contributed by atoms with Gasteiger partial charge in [-0.1, -0.05) is 13.0 Å². The van der Waals surface area contributed by atoms with Crippen LogP contribution in [0.1, 0.15) is 36.2 Å². The Balaban J connectivity index is 0.00000280. The number of nitrogens with two attached hydrogens (primary N) is 1. The minimum Gasteiger partial charge on any atom is -0.379 e. The molecule has 2 heterocycles. The molecule has 0 saturated carbocycles. The molecule has 2 N–H and O–H groups in total. The highest BCUT2D eigenvalue weighted by Gasteiger charge is 2.34. The molecule has 2 aliphatic heterocycles. The van der Waals surface area contributed by atoms with Crippen LogP contribution in [0.2, 0.25) is 0 Å². The molecule has 0 bridgehead atoms. The molecular formula is C19H30ClN3O4S. The number of hydrogen-bond donors (Lipinski definition) is 1. The Morgan fingerprint density at radius 2 is 1.96 bits per heavy atom. The van der Waals surface area contributed by atoms with E-state index in [1.807, 2.05) is 18.7 Å². The van der Waals surface area contributed by atoms with Gasteiger partial charge in [0.2, 0.25) is 10.0 Å². The third kappa shape index (κ3) is 4.52. The molecule has 2 saturated heterocycles. The number of carbonyl (C=O) groups is 1. The van der Waals surface area contributed by atoms with Crippen LogP contribution in [-0.2, 0) is 21.2 Å². The van der Waals surface area contributed by atoms with Crippen molar-refractivity contribution in [3.8, 4) is 0 Å². The molecule has 1 aromatic carbocycles. The zero-order valence-electron chi connectivity index (χ0n) is 16.5. The van der Waals surface area contributed by atoms with Crippen molar-refractivity contribution in [3.63, 3.8) is 0 Å². The Bertz CT molecular complexity index is 796. The molecule has 3 rings (SSSR count). The summed E-state index contributed by atoms with van der Waals surface area (Å²) in [4.78, 5) is 15.1. The highest BCUT2D eigenvalue weighted by molar-refractivity contribution is 7.89. The molecule has 2 atom stereocenters. The second-order valence-electron chi connectivity index (χ2n) is 7.34. The van der Waals surface area contributed by atoms with Gasteiger partial charge in [0, 0.05) is 31.2 Å². The molecule has 28 heavy (non-hydrogen) atoms. The fraction of sp³-hybridized carbons (Fsp3) is 0.632. The van der Waals surface area contributed by atoms with Gasteiger partial charge in [-0.3, -0.25) is 4.79 Å². The number of likely N-dealkylation sites (tertiary alicyclic amines) is 1. The summed E-state index contributed by atoms with van der Waals surface area (Å²) in [5, 5.41) is 0. The second kappa shape index (κ2) is 9.54. The van der Waals surface area contributed by atoms with Gasteiger partial charge in [0.1, 0.15) is 0 Å². The van der Waals surface area contributed by atoms with Crippen LogP contribution in [0.3, 0.4) is 0 Å². The van der Waals surface area contributed by atoms with Crippen LogP contribution in [0.25, 0.3) is 0 Å². The summed E-state index contributed by atoms with van der Waals surface area (Å²) < 4.78 is 33.0. The van der Waals surface area contributed by atoms with Crippen molar-refractivity contribution in [1.29, 1.82) is 0 Å². The fourth-order valence-electron chi connectivity index (χ4n) is 3.91. The number of halogens is 1. The van der Waals surface area contributed by atoms with Gasteiger partial charge in [0.25, 0.3) is 5.91 Å². The van der Waals surface area contributed by atoms with E-state index in [4.69, 9.17) is 10.5 Å². The predicted octanol–water partition coefficient (Wildman–Crippen LogP) is 1.50. The molecule has 0 radical (unpaired) electrons. The van der Waals surface area contributed by atoms with E-state index in [1.165, 1.54) is 4.31 Å². The van der Waals surface area contributed by atoms with Crippen LogP contribution < -0.4 is 5.73 Å². The van der Waals surface area contributed by atoms with Gasteiger partial charge in [-0.2, -0.15) is 4.31 Å². The van der Waals surface area contributed by atoms with Crippen molar-refractivity contribution >= 4 is 28.3 Å². The second-order valence-corrected chi connectivity index (χ2v) is 9.24. The van der Waals surface area contributed by atoms with Gasteiger partial charge < -0.3 is 15.4 Å². The molecule has 2 unspecified atom stereocenters. The van der Waals surface area contributed by atoms with Crippen LogP contribution >= 0.6 is 12.4 Å². The largest absolute Gasteiger partial charge is 0.379 e. The van der Waals surface area contributed by atoms with Crippen molar-refractivity contribution < 1.29 is 17.9 Å². The molecule has 2 fully saturated rings. The summed E-state index contributed by atoms with van der Waals surface area (Å²) in [6.07, 6.45) is 1.47. The smallest absolute Gasteiger partial charge is 0.254 e. The van der Waals surface area contributed by atoms with E-state index in [9.17, 15) is 13.2 Å². The zero-order valence-corrected chi connectivity index (χ0v) is 18.1. The molecule has 0 aromatic heterocycles. The normalized spacial score (nSPS) is 23.5. The first-order valence-corrected chi connectivity index (χ1v) is 11.0. The average Bonchev–Trinajstić information content (AvgIpc) is 3.08. The lowest BCUT2D eigenvalue weighted by Gasteiger charge is -2.27. The summed E-state index contributed by atoms with van der Waals surface area (Å²) in [6.45, 7) is 6.58. The topological polar surface area (TPSA) is 92.9 Å². The summed E-state index contributed by atoms with van der Waals surface area (Å²) in [7, 11) is -3.65. The molecule has 9 heteroatoms. The SMILES string of the molecule is CCc1ccc(C(=O)N2CC(CN)CC2C)cc1S(=O)(=O)N1CCOCC1.Cl. The number of benzene rings is 1. The van der Waals surface area contributed by atoms with Gasteiger partial charge in [-0.15, -0.1) is 12.4 Å². The maximum atomic E-state index is 13.2. The number of morpholine rings is 1. The van der Waals surface area contributed by atoms with Crippen LogP contribution in [0.15, 0.2) is 23.1 Å². The first-order valence-electron chi connectivity index (χ1n) is 9.60. The number of nitrogens with zero attached hydrogens (tertiary/aromatic N) is 2. The lowest BCUT2D eigenvalue weighted by atomic mass is 10.1. The highest BCUT2D eigenvalue weighted by Crippen LogP contribution is 2.27. The number of aryl methyl sites for hydroxylation is 1. The lowest BCUT2D eigenvalue weighted by molar-refractivity contribution is 0.0728. The average molecular weight is 432 g/mol. The Morgan fingerprint density at radius 3 is 2.54 bits per heavy atom. The molecule has 158 valence electrons. The van der Waals surface area contributed by atoms with Crippen molar-refractivity contribution in [2.75, 3.05) is 39.4 Å². The number of rotatable bonds is 5. The van der Waals surface area contributed by atoms with Gasteiger partial charge >= 0.3 is 0 Å². The molecule has 7 nitrogen and oxygen atoms in total. The van der Waals surface area contributed by atoms with Gasteiger partial charge in [-0.05, 0) is 49.9 Å². The van der Waals surface area contributed by atoms with E-state index in [1.54, 1.807) is 18.2 Å². The number of carbonyl (C=O) groups excluding carboxylic acids is 1. The van der Waals surface area contributed by atoms with Gasteiger partial charge in [0.05, 0.1) is 18.1 Å². The van der Waals surface area contributed by atoms with Gasteiger partial charge in [0.15, 0.2) is 0 Å².